The summed E-state index contributed by atoms with van der Waals surface area (Å²) in [5.41, 5.74) is 15.9. The Balaban J connectivity index is 4.92. The fourth-order valence-electron chi connectivity index (χ4n) is 2.50. The smallest absolute Gasteiger partial charge is 0.266 e. The molecule has 12 heteroatoms. The first-order valence-corrected chi connectivity index (χ1v) is 10.5. The molecule has 0 saturated heterocycles. The predicted molar refractivity (Wildman–Crippen MR) is 105 cm³/mol. The van der Waals surface area contributed by atoms with Crippen LogP contribution in [0.5, 0.6) is 0 Å². The van der Waals surface area contributed by atoms with Crippen molar-refractivity contribution in [3.8, 4) is 0 Å². The van der Waals surface area contributed by atoms with Crippen LogP contribution in [0, 0.1) is 11.8 Å². The van der Waals surface area contributed by atoms with Gasteiger partial charge in [-0.15, -0.1) is 0 Å². The number of amides is 1. The number of nitrogens with zero attached hydrogens (tertiary/aromatic N) is 1. The minimum absolute atomic E-state index is 0.0450. The quantitative estimate of drug-likeness (QED) is 0.0730. The van der Waals surface area contributed by atoms with Crippen LogP contribution in [-0.2, 0) is 24.5 Å². The first kappa shape index (κ1) is 26.0. The molecule has 1 amide bonds. The highest BCUT2D eigenvalue weighted by Crippen LogP contribution is 2.14. The third kappa shape index (κ3) is 12.4. The summed E-state index contributed by atoms with van der Waals surface area (Å²) in [5.74, 6) is -2.75. The van der Waals surface area contributed by atoms with Crippen molar-refractivity contribution in [1.29, 1.82) is 0 Å². The normalized spacial score (nSPS) is 14.8. The number of aliphatic imine (C=N–C) groups is 1. The molecule has 0 fully saturated rings. The third-order valence-electron chi connectivity index (χ3n) is 3.82. The van der Waals surface area contributed by atoms with Crippen LogP contribution in [-0.4, -0.2) is 61.3 Å². The number of Topliss-reactive ketones (excluding diaryl/α,β-unsaturated/α-hetero) is 1. The SMILES string of the molecule is CC(C)CC(NC(=O)C(N)CS(=O)(=O)O)C(=O)CC(C=O)CCCN=C(N)N. The minimum atomic E-state index is -4.43. The zero-order chi connectivity index (χ0) is 21.9. The lowest BCUT2D eigenvalue weighted by molar-refractivity contribution is -0.129. The Morgan fingerprint density at radius 3 is 2.32 bits per heavy atom. The van der Waals surface area contributed by atoms with Crippen molar-refractivity contribution < 1.29 is 27.4 Å². The largest absolute Gasteiger partial charge is 0.370 e. The van der Waals surface area contributed by atoms with Crippen molar-refractivity contribution in [2.75, 3.05) is 12.3 Å². The molecule has 0 saturated carbocycles. The minimum Gasteiger partial charge on any atom is -0.370 e. The van der Waals surface area contributed by atoms with Crippen LogP contribution in [0.1, 0.15) is 39.5 Å². The average Bonchev–Trinajstić information content (AvgIpc) is 2.54. The molecule has 0 heterocycles. The second-order valence-corrected chi connectivity index (χ2v) is 8.56. The summed E-state index contributed by atoms with van der Waals surface area (Å²) in [6.07, 6.45) is 1.79. The predicted octanol–water partition coefficient (Wildman–Crippen LogP) is -1.44. The van der Waals surface area contributed by atoms with Crippen molar-refractivity contribution in [2.24, 2.45) is 34.0 Å². The summed E-state index contributed by atoms with van der Waals surface area (Å²) in [6, 6.07) is -2.43. The number of nitrogens with two attached hydrogens (primary N) is 3. The van der Waals surface area contributed by atoms with E-state index in [9.17, 15) is 22.8 Å². The van der Waals surface area contributed by atoms with E-state index in [1.165, 1.54) is 0 Å². The number of carbonyl (C=O) groups is 3. The van der Waals surface area contributed by atoms with Crippen LogP contribution in [0.15, 0.2) is 4.99 Å². The van der Waals surface area contributed by atoms with Gasteiger partial charge in [-0.1, -0.05) is 13.8 Å². The van der Waals surface area contributed by atoms with E-state index < -0.39 is 39.8 Å². The molecule has 8 N–H and O–H groups in total. The number of nitrogens with one attached hydrogen (secondary N) is 1. The molecule has 0 spiro atoms. The van der Waals surface area contributed by atoms with Crippen LogP contribution < -0.4 is 22.5 Å². The lowest BCUT2D eigenvalue weighted by Crippen LogP contribution is -2.51. The van der Waals surface area contributed by atoms with E-state index in [1.54, 1.807) is 0 Å². The van der Waals surface area contributed by atoms with E-state index in [0.29, 0.717) is 32.1 Å². The Labute approximate surface area is 165 Å². The molecule has 11 nitrogen and oxygen atoms in total. The van der Waals surface area contributed by atoms with Crippen LogP contribution in [0.25, 0.3) is 0 Å². The standard InChI is InChI=1S/C16H31N5O6S/c1-10(2)6-13(21-15(24)12(17)9-28(25,26)27)14(23)7-11(8-22)4-3-5-20-16(18)19/h8,10-13H,3-7,9,17H2,1-2H3,(H,21,24)(H4,18,19,20)(H,25,26,27). The number of hydrogen-bond acceptors (Lipinski definition) is 7. The van der Waals surface area contributed by atoms with E-state index in [2.05, 4.69) is 10.3 Å². The van der Waals surface area contributed by atoms with Gasteiger partial charge >= 0.3 is 0 Å². The third-order valence-corrected chi connectivity index (χ3v) is 4.60. The summed E-state index contributed by atoms with van der Waals surface area (Å²) in [6.45, 7) is 4.02. The molecule has 0 aromatic carbocycles. The number of ketones is 1. The summed E-state index contributed by atoms with van der Waals surface area (Å²) in [4.78, 5) is 39.7. The maximum absolute atomic E-state index is 12.6. The zero-order valence-corrected chi connectivity index (χ0v) is 17.0. The van der Waals surface area contributed by atoms with Crippen LogP contribution in [0.2, 0.25) is 0 Å². The number of rotatable bonds is 14. The van der Waals surface area contributed by atoms with E-state index in [-0.39, 0.29) is 24.1 Å². The van der Waals surface area contributed by atoms with Gasteiger partial charge in [-0.3, -0.25) is 19.1 Å². The number of aldehydes is 1. The van der Waals surface area contributed by atoms with Crippen molar-refractivity contribution in [2.45, 2.75) is 51.6 Å². The molecular weight excluding hydrogens is 390 g/mol. The fraction of sp³-hybridized carbons (Fsp3) is 0.750. The molecule has 0 aromatic heterocycles. The second-order valence-electron chi connectivity index (χ2n) is 7.06. The highest BCUT2D eigenvalue weighted by Gasteiger charge is 2.28. The molecule has 0 bridgehead atoms. The van der Waals surface area contributed by atoms with E-state index in [0.717, 1.165) is 0 Å². The summed E-state index contributed by atoms with van der Waals surface area (Å²) < 4.78 is 30.5. The Hall–Kier alpha value is -2.05. The Bertz CT molecular complexity index is 660. The van der Waals surface area contributed by atoms with Crippen molar-refractivity contribution in [3.63, 3.8) is 0 Å². The molecule has 0 radical (unpaired) electrons. The van der Waals surface area contributed by atoms with Gasteiger partial charge in [0.1, 0.15) is 12.3 Å². The summed E-state index contributed by atoms with van der Waals surface area (Å²) >= 11 is 0. The van der Waals surface area contributed by atoms with Crippen molar-refractivity contribution in [3.05, 3.63) is 0 Å². The summed E-state index contributed by atoms with van der Waals surface area (Å²) in [7, 11) is -4.43. The molecule has 0 aliphatic carbocycles. The number of carbonyl (C=O) groups excluding carboxylic acids is 3. The topological polar surface area (TPSA) is 208 Å². The van der Waals surface area contributed by atoms with Crippen molar-refractivity contribution in [1.82, 2.24) is 5.32 Å². The fourth-order valence-corrected chi connectivity index (χ4v) is 3.11. The molecule has 0 aliphatic rings. The molecule has 28 heavy (non-hydrogen) atoms. The first-order valence-electron chi connectivity index (χ1n) is 8.90. The highest BCUT2D eigenvalue weighted by atomic mass is 32.2. The van der Waals surface area contributed by atoms with Crippen LogP contribution in [0.3, 0.4) is 0 Å². The molecule has 0 aliphatic heterocycles. The molecule has 0 rings (SSSR count). The lowest BCUT2D eigenvalue weighted by atomic mass is 9.91. The molecule has 162 valence electrons. The van der Waals surface area contributed by atoms with E-state index >= 15 is 0 Å². The van der Waals surface area contributed by atoms with Crippen LogP contribution >= 0.6 is 0 Å². The van der Waals surface area contributed by atoms with Gasteiger partial charge in [0.15, 0.2) is 11.7 Å². The van der Waals surface area contributed by atoms with Gasteiger partial charge in [0.2, 0.25) is 5.91 Å². The van der Waals surface area contributed by atoms with Crippen LogP contribution in [0.4, 0.5) is 0 Å². The zero-order valence-electron chi connectivity index (χ0n) is 16.2. The second kappa shape index (κ2) is 12.4. The monoisotopic (exact) mass is 421 g/mol. The van der Waals surface area contributed by atoms with Gasteiger partial charge in [0.25, 0.3) is 10.1 Å². The Morgan fingerprint density at radius 1 is 1.25 bits per heavy atom. The van der Waals surface area contributed by atoms with Crippen molar-refractivity contribution >= 4 is 34.1 Å². The maximum atomic E-state index is 12.6. The Morgan fingerprint density at radius 2 is 1.86 bits per heavy atom. The van der Waals surface area contributed by atoms with Gasteiger partial charge in [-0.25, -0.2) is 0 Å². The lowest BCUT2D eigenvalue weighted by Gasteiger charge is -2.22. The van der Waals surface area contributed by atoms with Gasteiger partial charge in [0, 0.05) is 18.9 Å². The van der Waals surface area contributed by atoms with Gasteiger partial charge in [-0.2, -0.15) is 8.42 Å². The molecule has 3 atom stereocenters. The Kier molecular flexibility index (Phi) is 11.5. The van der Waals surface area contributed by atoms with E-state index in [4.69, 9.17) is 21.8 Å². The number of guanidine groups is 1. The van der Waals surface area contributed by atoms with Gasteiger partial charge < -0.3 is 27.3 Å². The highest BCUT2D eigenvalue weighted by molar-refractivity contribution is 7.85. The molecular formula is C16H31N5O6S. The first-order chi connectivity index (χ1) is 12.9. The molecule has 0 aromatic rings. The van der Waals surface area contributed by atoms with E-state index in [1.807, 2.05) is 13.8 Å². The summed E-state index contributed by atoms with van der Waals surface area (Å²) in [5, 5.41) is 2.42. The average molecular weight is 422 g/mol. The molecule has 3 unspecified atom stereocenters. The number of hydrogen-bond donors (Lipinski definition) is 5. The van der Waals surface area contributed by atoms with Gasteiger partial charge in [-0.05, 0) is 25.2 Å². The maximum Gasteiger partial charge on any atom is 0.266 e. The van der Waals surface area contributed by atoms with Gasteiger partial charge in [0.05, 0.1) is 11.8 Å².